The molecule has 138 valence electrons. The van der Waals surface area contributed by atoms with Crippen molar-refractivity contribution in [2.24, 2.45) is 0 Å². The molecule has 2 aromatic carbocycles. The number of hydrogen-bond donors (Lipinski definition) is 1. The molecule has 1 amide bonds. The summed E-state index contributed by atoms with van der Waals surface area (Å²) in [6, 6.07) is 10.8. The van der Waals surface area contributed by atoms with Crippen LogP contribution in [-0.4, -0.2) is 34.6 Å². The third-order valence-electron chi connectivity index (χ3n) is 4.13. The van der Waals surface area contributed by atoms with Crippen LogP contribution in [0.4, 0.5) is 15.8 Å². The molecule has 0 aliphatic carbocycles. The number of methoxy groups -OCH3 is 1. The first kappa shape index (κ1) is 18.3. The van der Waals surface area contributed by atoms with Gasteiger partial charge in [0.05, 0.1) is 11.4 Å². The number of ether oxygens (including phenoxy) is 1. The largest absolute Gasteiger partial charge is 0.375 e. The fraction of sp³-hybridized carbons (Fsp3) is 0.278. The van der Waals surface area contributed by atoms with E-state index >= 15 is 0 Å². The predicted octanol–water partition coefficient (Wildman–Crippen LogP) is 2.30. The quantitative estimate of drug-likeness (QED) is 0.837. The number of carbonyl (C=O) groups excluding carboxylic acids is 1. The normalized spacial score (nSPS) is 13.5. The maximum absolute atomic E-state index is 13.7. The molecule has 0 fully saturated rings. The molecule has 1 aliphatic heterocycles. The molecule has 0 aromatic heterocycles. The fourth-order valence-corrected chi connectivity index (χ4v) is 4.14. The highest BCUT2D eigenvalue weighted by Crippen LogP contribution is 2.31. The molecule has 0 bridgehead atoms. The Morgan fingerprint density at radius 3 is 2.77 bits per heavy atom. The summed E-state index contributed by atoms with van der Waals surface area (Å²) in [4.78, 5) is 13.7. The van der Waals surface area contributed by atoms with Gasteiger partial charge in [-0.15, -0.1) is 0 Å². The van der Waals surface area contributed by atoms with Crippen molar-refractivity contribution in [3.8, 4) is 0 Å². The Morgan fingerprint density at radius 2 is 2.04 bits per heavy atom. The second kappa shape index (κ2) is 7.43. The van der Waals surface area contributed by atoms with Crippen LogP contribution in [0.3, 0.4) is 0 Å². The third-order valence-corrected chi connectivity index (χ3v) is 5.36. The van der Waals surface area contributed by atoms with Gasteiger partial charge < -0.3 is 9.64 Å². The Hall–Kier alpha value is -2.45. The van der Waals surface area contributed by atoms with E-state index in [1.165, 1.54) is 25.3 Å². The van der Waals surface area contributed by atoms with E-state index < -0.39 is 21.6 Å². The zero-order valence-corrected chi connectivity index (χ0v) is 15.1. The molecule has 1 N–H and O–H groups in total. The number of rotatable bonds is 6. The number of fused-ring (bicyclic) bond motifs is 1. The summed E-state index contributed by atoms with van der Waals surface area (Å²) in [6.07, 6.45) is 0.701. The van der Waals surface area contributed by atoms with E-state index in [1.54, 1.807) is 29.2 Å². The molecule has 8 heteroatoms. The van der Waals surface area contributed by atoms with Crippen LogP contribution < -0.4 is 9.62 Å². The van der Waals surface area contributed by atoms with Gasteiger partial charge in [-0.2, -0.15) is 0 Å². The Balaban J connectivity index is 1.80. The molecule has 1 heterocycles. The number of amides is 1. The van der Waals surface area contributed by atoms with E-state index in [4.69, 9.17) is 4.74 Å². The molecule has 3 rings (SSSR count). The second-order valence-electron chi connectivity index (χ2n) is 6.02. The smallest absolute Gasteiger partial charge is 0.252 e. The number of benzene rings is 2. The van der Waals surface area contributed by atoms with E-state index in [2.05, 4.69) is 4.72 Å². The average molecular weight is 378 g/mol. The number of hydrogen-bond acceptors (Lipinski definition) is 4. The lowest BCUT2D eigenvalue weighted by molar-refractivity contribution is -0.122. The lowest BCUT2D eigenvalue weighted by Gasteiger charge is -2.18. The summed E-state index contributed by atoms with van der Waals surface area (Å²) in [5.74, 6) is -1.22. The third kappa shape index (κ3) is 4.03. The first-order valence-electron chi connectivity index (χ1n) is 8.06. The van der Waals surface area contributed by atoms with Crippen LogP contribution in [0.1, 0.15) is 11.1 Å². The SMILES string of the molecule is COCC(=O)N1CCc2ccc(NS(=O)(=O)Cc3ccccc3F)cc21. The Morgan fingerprint density at radius 1 is 1.27 bits per heavy atom. The van der Waals surface area contributed by atoms with Crippen molar-refractivity contribution in [2.45, 2.75) is 12.2 Å². The van der Waals surface area contributed by atoms with Crippen molar-refractivity contribution in [1.29, 1.82) is 0 Å². The maximum atomic E-state index is 13.7. The topological polar surface area (TPSA) is 75.7 Å². The number of anilines is 2. The second-order valence-corrected chi connectivity index (χ2v) is 7.75. The Kier molecular flexibility index (Phi) is 5.24. The maximum Gasteiger partial charge on any atom is 0.252 e. The highest BCUT2D eigenvalue weighted by molar-refractivity contribution is 7.91. The number of carbonyl (C=O) groups is 1. The van der Waals surface area contributed by atoms with E-state index in [-0.39, 0.29) is 18.1 Å². The van der Waals surface area contributed by atoms with Gasteiger partial charge in [0, 0.05) is 24.9 Å². The first-order valence-corrected chi connectivity index (χ1v) is 9.71. The Bertz CT molecular complexity index is 931. The van der Waals surface area contributed by atoms with Crippen molar-refractivity contribution in [3.05, 3.63) is 59.4 Å². The van der Waals surface area contributed by atoms with Gasteiger partial charge in [-0.1, -0.05) is 24.3 Å². The summed E-state index contributed by atoms with van der Waals surface area (Å²) in [7, 11) is -2.35. The number of nitrogens with one attached hydrogen (secondary N) is 1. The zero-order chi connectivity index (χ0) is 18.7. The molecule has 0 spiro atoms. The van der Waals surface area contributed by atoms with Crippen LogP contribution in [0.5, 0.6) is 0 Å². The Labute approximate surface area is 151 Å². The molecule has 26 heavy (non-hydrogen) atoms. The molecular weight excluding hydrogens is 359 g/mol. The van der Waals surface area contributed by atoms with Gasteiger partial charge in [0.25, 0.3) is 5.91 Å². The summed E-state index contributed by atoms with van der Waals surface area (Å²) >= 11 is 0. The summed E-state index contributed by atoms with van der Waals surface area (Å²) in [5, 5.41) is 0. The number of halogens is 1. The minimum atomic E-state index is -3.79. The zero-order valence-electron chi connectivity index (χ0n) is 14.2. The molecule has 6 nitrogen and oxygen atoms in total. The standard InChI is InChI=1S/C18H19FN2O4S/c1-25-11-18(22)21-9-8-13-6-7-15(10-17(13)21)20-26(23,24)12-14-4-2-3-5-16(14)19/h2-7,10,20H,8-9,11-12H2,1H3. The lowest BCUT2D eigenvalue weighted by atomic mass is 10.1. The molecule has 1 aliphatic rings. The predicted molar refractivity (Wildman–Crippen MR) is 97.0 cm³/mol. The van der Waals surface area contributed by atoms with E-state index in [9.17, 15) is 17.6 Å². The summed E-state index contributed by atoms with van der Waals surface area (Å²) < 4.78 is 45.8. The van der Waals surface area contributed by atoms with Crippen LogP contribution in [0.15, 0.2) is 42.5 Å². The molecular formula is C18H19FN2O4S. The average Bonchev–Trinajstić information content (AvgIpc) is 3.00. The molecule has 0 unspecified atom stereocenters. The van der Waals surface area contributed by atoms with Gasteiger partial charge in [-0.05, 0) is 30.2 Å². The molecule has 0 atom stereocenters. The molecule has 0 saturated heterocycles. The van der Waals surface area contributed by atoms with Crippen LogP contribution in [0.2, 0.25) is 0 Å². The first-order chi connectivity index (χ1) is 12.4. The fourth-order valence-electron chi connectivity index (χ4n) is 2.94. The minimum absolute atomic E-state index is 0.0390. The summed E-state index contributed by atoms with van der Waals surface area (Å²) in [6.45, 7) is 0.492. The van der Waals surface area contributed by atoms with Crippen molar-refractivity contribution in [1.82, 2.24) is 0 Å². The van der Waals surface area contributed by atoms with Gasteiger partial charge in [0.1, 0.15) is 12.4 Å². The van der Waals surface area contributed by atoms with Crippen molar-refractivity contribution >= 4 is 27.3 Å². The van der Waals surface area contributed by atoms with Gasteiger partial charge in [-0.3, -0.25) is 9.52 Å². The van der Waals surface area contributed by atoms with Crippen LogP contribution in [-0.2, 0) is 31.7 Å². The molecule has 0 saturated carbocycles. The van der Waals surface area contributed by atoms with Crippen molar-refractivity contribution in [2.75, 3.05) is 29.9 Å². The van der Waals surface area contributed by atoms with E-state index in [0.29, 0.717) is 24.3 Å². The van der Waals surface area contributed by atoms with Crippen LogP contribution in [0, 0.1) is 5.82 Å². The number of nitrogens with zero attached hydrogens (tertiary/aromatic N) is 1. The molecule has 0 radical (unpaired) electrons. The minimum Gasteiger partial charge on any atom is -0.375 e. The van der Waals surface area contributed by atoms with Gasteiger partial charge in [-0.25, -0.2) is 12.8 Å². The number of sulfonamides is 1. The van der Waals surface area contributed by atoms with Gasteiger partial charge >= 0.3 is 0 Å². The lowest BCUT2D eigenvalue weighted by Crippen LogP contribution is -2.32. The van der Waals surface area contributed by atoms with Gasteiger partial charge in [0.15, 0.2) is 0 Å². The van der Waals surface area contributed by atoms with Crippen molar-refractivity contribution < 1.29 is 22.3 Å². The highest BCUT2D eigenvalue weighted by atomic mass is 32.2. The highest BCUT2D eigenvalue weighted by Gasteiger charge is 2.25. The van der Waals surface area contributed by atoms with E-state index in [0.717, 1.165) is 5.56 Å². The van der Waals surface area contributed by atoms with Crippen LogP contribution in [0.25, 0.3) is 0 Å². The molecule has 2 aromatic rings. The van der Waals surface area contributed by atoms with Gasteiger partial charge in [0.2, 0.25) is 10.0 Å². The van der Waals surface area contributed by atoms with Crippen LogP contribution >= 0.6 is 0 Å². The summed E-state index contributed by atoms with van der Waals surface area (Å²) in [5.41, 5.74) is 2.06. The van der Waals surface area contributed by atoms with E-state index in [1.807, 2.05) is 0 Å². The monoisotopic (exact) mass is 378 g/mol. The van der Waals surface area contributed by atoms with Crippen molar-refractivity contribution in [3.63, 3.8) is 0 Å².